The van der Waals surface area contributed by atoms with Crippen LogP contribution in [0.1, 0.15) is 18.4 Å². The lowest BCUT2D eigenvalue weighted by atomic mass is 10.0. The molecule has 0 unspecified atom stereocenters. The smallest absolute Gasteiger partial charge is 0.183 e. The van der Waals surface area contributed by atoms with Crippen molar-refractivity contribution in [1.29, 1.82) is 5.26 Å². The SMILES string of the molecule is CCOC[C@@]1(C#N)[C@H](c2ccc(Cl)cc2)[C@@H]1S(=O)(=O)c1ccccc1. The van der Waals surface area contributed by atoms with Gasteiger partial charge in [0.2, 0.25) is 0 Å². The summed E-state index contributed by atoms with van der Waals surface area (Å²) in [5.74, 6) is -0.438. The molecule has 0 aliphatic heterocycles. The molecule has 0 saturated heterocycles. The van der Waals surface area contributed by atoms with Crippen LogP contribution in [0, 0.1) is 16.7 Å². The first-order chi connectivity index (χ1) is 12.0. The van der Waals surface area contributed by atoms with E-state index in [1.54, 1.807) is 54.6 Å². The average Bonchev–Trinajstić information content (AvgIpc) is 3.31. The number of halogens is 1. The van der Waals surface area contributed by atoms with Crippen molar-refractivity contribution in [2.45, 2.75) is 23.0 Å². The summed E-state index contributed by atoms with van der Waals surface area (Å²) in [6.45, 7) is 2.34. The molecule has 0 N–H and O–H groups in total. The van der Waals surface area contributed by atoms with Gasteiger partial charge < -0.3 is 4.74 Å². The molecule has 0 heterocycles. The minimum absolute atomic E-state index is 0.0873. The quantitative estimate of drug-likeness (QED) is 0.769. The Morgan fingerprint density at radius 2 is 1.80 bits per heavy atom. The van der Waals surface area contributed by atoms with Gasteiger partial charge in [-0.3, -0.25) is 0 Å². The monoisotopic (exact) mass is 375 g/mol. The van der Waals surface area contributed by atoms with E-state index in [-0.39, 0.29) is 11.5 Å². The average molecular weight is 376 g/mol. The zero-order valence-electron chi connectivity index (χ0n) is 13.7. The van der Waals surface area contributed by atoms with Gasteiger partial charge in [0.15, 0.2) is 9.84 Å². The zero-order valence-corrected chi connectivity index (χ0v) is 15.3. The van der Waals surface area contributed by atoms with Gasteiger partial charge in [-0.1, -0.05) is 41.9 Å². The summed E-state index contributed by atoms with van der Waals surface area (Å²) in [5.41, 5.74) is -0.298. The largest absolute Gasteiger partial charge is 0.380 e. The van der Waals surface area contributed by atoms with Crippen LogP contribution in [-0.2, 0) is 14.6 Å². The molecule has 1 saturated carbocycles. The lowest BCUT2D eigenvalue weighted by molar-refractivity contribution is 0.117. The van der Waals surface area contributed by atoms with Crippen LogP contribution in [0.2, 0.25) is 5.02 Å². The van der Waals surface area contributed by atoms with Crippen molar-refractivity contribution >= 4 is 21.4 Å². The molecule has 3 rings (SSSR count). The van der Waals surface area contributed by atoms with Crippen LogP contribution in [0.4, 0.5) is 0 Å². The number of nitrogens with zero attached hydrogens (tertiary/aromatic N) is 1. The van der Waals surface area contributed by atoms with Crippen molar-refractivity contribution in [3.05, 3.63) is 65.2 Å². The standard InChI is InChI=1S/C19H18ClNO3S/c1-2-24-13-19(12-21)17(14-8-10-15(20)11-9-14)18(19)25(22,23)16-6-4-3-5-7-16/h3-11,17-18H,2,13H2,1H3/t17-,18+,19+/m1/s1. The lowest BCUT2D eigenvalue weighted by Gasteiger charge is -2.09. The fraction of sp³-hybridized carbons (Fsp3) is 0.316. The van der Waals surface area contributed by atoms with Crippen LogP contribution in [0.25, 0.3) is 0 Å². The third-order valence-electron chi connectivity index (χ3n) is 4.64. The molecule has 1 fully saturated rings. The van der Waals surface area contributed by atoms with Crippen molar-refractivity contribution in [2.24, 2.45) is 5.41 Å². The van der Waals surface area contributed by atoms with Crippen LogP contribution in [0.3, 0.4) is 0 Å². The van der Waals surface area contributed by atoms with E-state index in [1.165, 1.54) is 0 Å². The van der Waals surface area contributed by atoms with Gasteiger partial charge in [0, 0.05) is 17.5 Å². The summed E-state index contributed by atoms with van der Waals surface area (Å²) in [6.07, 6.45) is 0. The summed E-state index contributed by atoms with van der Waals surface area (Å²) in [5, 5.41) is 9.57. The molecule has 6 heteroatoms. The third-order valence-corrected chi connectivity index (χ3v) is 7.19. The van der Waals surface area contributed by atoms with Gasteiger partial charge in [-0.2, -0.15) is 5.26 Å². The molecule has 0 bridgehead atoms. The summed E-state index contributed by atoms with van der Waals surface area (Å²) < 4.78 is 31.8. The summed E-state index contributed by atoms with van der Waals surface area (Å²) in [4.78, 5) is 0.229. The number of nitriles is 1. The molecule has 0 spiro atoms. The molecule has 25 heavy (non-hydrogen) atoms. The molecule has 3 atom stereocenters. The number of ether oxygens (including phenoxy) is 1. The van der Waals surface area contributed by atoms with Crippen LogP contribution in [0.15, 0.2) is 59.5 Å². The topological polar surface area (TPSA) is 67.2 Å². The van der Waals surface area contributed by atoms with Gasteiger partial charge in [0.05, 0.1) is 22.8 Å². The second-order valence-corrected chi connectivity index (χ2v) is 8.60. The normalized spacial score (nSPS) is 25.3. The minimum Gasteiger partial charge on any atom is -0.380 e. The van der Waals surface area contributed by atoms with Crippen LogP contribution in [0.5, 0.6) is 0 Å². The van der Waals surface area contributed by atoms with Gasteiger partial charge in [-0.25, -0.2) is 8.42 Å². The second-order valence-electron chi connectivity index (χ2n) is 6.10. The molecule has 1 aliphatic rings. The molecule has 2 aromatic carbocycles. The number of hydrogen-bond acceptors (Lipinski definition) is 4. The van der Waals surface area contributed by atoms with Gasteiger partial charge in [-0.15, -0.1) is 0 Å². The lowest BCUT2D eigenvalue weighted by Crippen LogP contribution is -2.19. The van der Waals surface area contributed by atoms with E-state index in [1.807, 2.05) is 6.92 Å². The highest BCUT2D eigenvalue weighted by Gasteiger charge is 2.72. The Labute approximate surface area is 152 Å². The van der Waals surface area contributed by atoms with E-state index < -0.39 is 26.4 Å². The van der Waals surface area contributed by atoms with Gasteiger partial charge >= 0.3 is 0 Å². The fourth-order valence-electron chi connectivity index (χ4n) is 3.37. The van der Waals surface area contributed by atoms with Crippen LogP contribution in [-0.4, -0.2) is 26.9 Å². The first-order valence-electron chi connectivity index (χ1n) is 8.01. The van der Waals surface area contributed by atoms with Crippen molar-refractivity contribution in [2.75, 3.05) is 13.2 Å². The highest BCUT2D eigenvalue weighted by Crippen LogP contribution is 2.63. The maximum Gasteiger partial charge on any atom is 0.183 e. The first kappa shape index (κ1) is 17.9. The van der Waals surface area contributed by atoms with Crippen molar-refractivity contribution < 1.29 is 13.2 Å². The number of rotatable bonds is 6. The van der Waals surface area contributed by atoms with Crippen LogP contribution < -0.4 is 0 Å². The van der Waals surface area contributed by atoms with Crippen molar-refractivity contribution in [3.63, 3.8) is 0 Å². The number of sulfone groups is 1. The third kappa shape index (κ3) is 3.06. The van der Waals surface area contributed by atoms with Gasteiger partial charge in [0.25, 0.3) is 0 Å². The van der Waals surface area contributed by atoms with E-state index >= 15 is 0 Å². The molecule has 1 aliphatic carbocycles. The first-order valence-corrected chi connectivity index (χ1v) is 9.93. The van der Waals surface area contributed by atoms with E-state index in [9.17, 15) is 13.7 Å². The second kappa shape index (κ2) is 6.80. The Morgan fingerprint density at radius 3 is 2.36 bits per heavy atom. The van der Waals surface area contributed by atoms with Gasteiger partial charge in [-0.05, 0) is 36.8 Å². The molecule has 0 amide bonds. The van der Waals surface area contributed by atoms with Gasteiger partial charge in [0.1, 0.15) is 5.41 Å². The van der Waals surface area contributed by atoms with E-state index in [0.717, 1.165) is 5.56 Å². The molecule has 130 valence electrons. The molecule has 2 aromatic rings. The van der Waals surface area contributed by atoms with E-state index in [2.05, 4.69) is 6.07 Å². The highest BCUT2D eigenvalue weighted by atomic mass is 35.5. The maximum absolute atomic E-state index is 13.2. The summed E-state index contributed by atoms with van der Waals surface area (Å²) >= 11 is 5.94. The van der Waals surface area contributed by atoms with E-state index in [4.69, 9.17) is 16.3 Å². The Balaban J connectivity index is 2.06. The minimum atomic E-state index is -3.66. The summed E-state index contributed by atoms with van der Waals surface area (Å²) in [6, 6.07) is 17.5. The molecule has 0 radical (unpaired) electrons. The summed E-state index contributed by atoms with van der Waals surface area (Å²) in [7, 11) is -3.66. The predicted molar refractivity (Wildman–Crippen MR) is 96.1 cm³/mol. The number of hydrogen-bond donors (Lipinski definition) is 0. The Morgan fingerprint density at radius 1 is 1.16 bits per heavy atom. The Hall–Kier alpha value is -1.87. The Kier molecular flexibility index (Phi) is 4.88. The van der Waals surface area contributed by atoms with E-state index in [0.29, 0.717) is 11.6 Å². The predicted octanol–water partition coefficient (Wildman–Crippen LogP) is 3.83. The Bertz CT molecular complexity index is 891. The van der Waals surface area contributed by atoms with Crippen molar-refractivity contribution in [1.82, 2.24) is 0 Å². The molecular weight excluding hydrogens is 358 g/mol. The maximum atomic E-state index is 13.2. The number of benzene rings is 2. The van der Waals surface area contributed by atoms with Crippen LogP contribution >= 0.6 is 11.6 Å². The molecule has 4 nitrogen and oxygen atoms in total. The fourth-order valence-corrected chi connectivity index (χ4v) is 5.82. The molecular formula is C19H18ClNO3S. The van der Waals surface area contributed by atoms with Crippen molar-refractivity contribution in [3.8, 4) is 6.07 Å². The highest BCUT2D eigenvalue weighted by molar-refractivity contribution is 7.92. The molecule has 0 aromatic heterocycles. The zero-order chi connectivity index (χ0) is 18.1.